The molecular formula is C14H18ClNO3. The highest BCUT2D eigenvalue weighted by molar-refractivity contribution is 6.31. The minimum Gasteiger partial charge on any atom is -0.480 e. The van der Waals surface area contributed by atoms with Crippen LogP contribution >= 0.6 is 11.6 Å². The number of rotatable bonds is 6. The van der Waals surface area contributed by atoms with E-state index in [0.29, 0.717) is 17.0 Å². The number of carbonyl (C=O) groups excluding carboxylic acids is 1. The summed E-state index contributed by atoms with van der Waals surface area (Å²) >= 11 is 5.91. The standard InChI is InChI=1S/C14H18ClNO3/c1-4-12(14(18)19)16-9(3)13(17)10-5-6-11(15)8(2)7-10/h5-7,9,12,16H,4H2,1-3H3,(H,18,19). The number of benzene rings is 1. The Kier molecular flexibility index (Phi) is 5.51. The van der Waals surface area contributed by atoms with E-state index in [9.17, 15) is 9.59 Å². The number of Topliss-reactive ketones (excluding diaryl/α,β-unsaturated/α-hetero) is 1. The third-order valence-electron chi connectivity index (χ3n) is 2.99. The van der Waals surface area contributed by atoms with Gasteiger partial charge in [-0.15, -0.1) is 0 Å². The Bertz CT molecular complexity index is 488. The van der Waals surface area contributed by atoms with Crippen LogP contribution in [-0.2, 0) is 4.79 Å². The van der Waals surface area contributed by atoms with Crippen LogP contribution in [0.25, 0.3) is 0 Å². The summed E-state index contributed by atoms with van der Waals surface area (Å²) in [7, 11) is 0. The fourth-order valence-corrected chi connectivity index (χ4v) is 1.91. The first-order valence-electron chi connectivity index (χ1n) is 6.16. The molecule has 1 aromatic rings. The minimum absolute atomic E-state index is 0.139. The summed E-state index contributed by atoms with van der Waals surface area (Å²) in [5, 5.41) is 12.4. The van der Waals surface area contributed by atoms with Crippen LogP contribution in [0, 0.1) is 6.92 Å². The van der Waals surface area contributed by atoms with Gasteiger partial charge in [-0.2, -0.15) is 0 Å². The summed E-state index contributed by atoms with van der Waals surface area (Å²) < 4.78 is 0. The molecule has 0 aliphatic carbocycles. The smallest absolute Gasteiger partial charge is 0.320 e. The molecule has 104 valence electrons. The molecule has 4 nitrogen and oxygen atoms in total. The molecule has 0 spiro atoms. The summed E-state index contributed by atoms with van der Waals surface area (Å²) in [4.78, 5) is 23.1. The zero-order chi connectivity index (χ0) is 14.6. The summed E-state index contributed by atoms with van der Waals surface area (Å²) in [5.41, 5.74) is 1.35. The Morgan fingerprint density at radius 3 is 2.53 bits per heavy atom. The molecule has 1 rings (SSSR count). The van der Waals surface area contributed by atoms with Gasteiger partial charge in [0, 0.05) is 10.6 Å². The Hall–Kier alpha value is -1.39. The van der Waals surface area contributed by atoms with Crippen molar-refractivity contribution in [1.29, 1.82) is 0 Å². The number of aliphatic carboxylic acids is 1. The lowest BCUT2D eigenvalue weighted by Gasteiger charge is -2.18. The van der Waals surface area contributed by atoms with Gasteiger partial charge in [0.2, 0.25) is 0 Å². The second-order valence-electron chi connectivity index (χ2n) is 4.52. The van der Waals surface area contributed by atoms with Crippen LogP contribution in [0.3, 0.4) is 0 Å². The Morgan fingerprint density at radius 2 is 2.05 bits per heavy atom. The van der Waals surface area contributed by atoms with Crippen molar-refractivity contribution in [1.82, 2.24) is 5.32 Å². The molecule has 0 saturated heterocycles. The fraction of sp³-hybridized carbons (Fsp3) is 0.429. The SMILES string of the molecule is CCC(NC(C)C(=O)c1ccc(Cl)c(C)c1)C(=O)O. The van der Waals surface area contributed by atoms with Crippen LogP contribution in [0.1, 0.15) is 36.2 Å². The predicted octanol–water partition coefficient (Wildman–Crippen LogP) is 2.67. The molecule has 0 radical (unpaired) electrons. The number of carboxylic acid groups (broad SMARTS) is 1. The maximum atomic E-state index is 12.2. The van der Waals surface area contributed by atoms with Crippen molar-refractivity contribution in [3.8, 4) is 0 Å². The third-order valence-corrected chi connectivity index (χ3v) is 3.42. The van der Waals surface area contributed by atoms with Gasteiger partial charge in [0.25, 0.3) is 0 Å². The van der Waals surface area contributed by atoms with Gasteiger partial charge in [-0.25, -0.2) is 0 Å². The van der Waals surface area contributed by atoms with Crippen molar-refractivity contribution in [3.63, 3.8) is 0 Å². The molecule has 0 saturated carbocycles. The van der Waals surface area contributed by atoms with Gasteiger partial charge in [0.1, 0.15) is 6.04 Å². The van der Waals surface area contributed by atoms with Crippen molar-refractivity contribution in [2.45, 2.75) is 39.3 Å². The molecule has 2 atom stereocenters. The van der Waals surface area contributed by atoms with Crippen molar-refractivity contribution < 1.29 is 14.7 Å². The van der Waals surface area contributed by atoms with Crippen LogP contribution in [0.4, 0.5) is 0 Å². The number of aryl methyl sites for hydroxylation is 1. The maximum absolute atomic E-state index is 12.2. The molecule has 1 aromatic carbocycles. The van der Waals surface area contributed by atoms with Crippen molar-refractivity contribution in [2.24, 2.45) is 0 Å². The highest BCUT2D eigenvalue weighted by Gasteiger charge is 2.22. The normalized spacial score (nSPS) is 13.9. The Morgan fingerprint density at radius 1 is 1.42 bits per heavy atom. The average molecular weight is 284 g/mol. The molecule has 0 fully saturated rings. The van der Waals surface area contributed by atoms with Crippen LogP contribution < -0.4 is 5.32 Å². The van der Waals surface area contributed by atoms with Gasteiger partial charge in [-0.3, -0.25) is 14.9 Å². The first kappa shape index (κ1) is 15.7. The second-order valence-corrected chi connectivity index (χ2v) is 4.92. The second kappa shape index (κ2) is 6.68. The van der Waals surface area contributed by atoms with Crippen LogP contribution in [-0.4, -0.2) is 28.9 Å². The molecule has 0 bridgehead atoms. The van der Waals surface area contributed by atoms with Crippen LogP contribution in [0.5, 0.6) is 0 Å². The number of ketones is 1. The van der Waals surface area contributed by atoms with Gasteiger partial charge in [0.05, 0.1) is 6.04 Å². The average Bonchev–Trinajstić information content (AvgIpc) is 2.37. The van der Waals surface area contributed by atoms with Crippen LogP contribution in [0.15, 0.2) is 18.2 Å². The Balaban J connectivity index is 2.81. The Labute approximate surface area is 117 Å². The number of nitrogens with one attached hydrogen (secondary N) is 1. The lowest BCUT2D eigenvalue weighted by atomic mass is 10.0. The zero-order valence-corrected chi connectivity index (χ0v) is 12.0. The minimum atomic E-state index is -0.950. The highest BCUT2D eigenvalue weighted by atomic mass is 35.5. The number of hydrogen-bond acceptors (Lipinski definition) is 3. The molecule has 2 unspecified atom stereocenters. The lowest BCUT2D eigenvalue weighted by Crippen LogP contribution is -2.45. The van der Waals surface area contributed by atoms with Gasteiger partial charge in [-0.1, -0.05) is 18.5 Å². The first-order valence-corrected chi connectivity index (χ1v) is 6.53. The van der Waals surface area contributed by atoms with E-state index >= 15 is 0 Å². The maximum Gasteiger partial charge on any atom is 0.320 e. The molecule has 0 aromatic heterocycles. The number of hydrogen-bond donors (Lipinski definition) is 2. The highest BCUT2D eigenvalue weighted by Crippen LogP contribution is 2.17. The van der Waals surface area contributed by atoms with Gasteiger partial charge in [-0.05, 0) is 44.0 Å². The van der Waals surface area contributed by atoms with E-state index in [2.05, 4.69) is 5.32 Å². The molecule has 19 heavy (non-hydrogen) atoms. The number of halogens is 1. The summed E-state index contributed by atoms with van der Waals surface area (Å²) in [6, 6.07) is 3.77. The van der Waals surface area contributed by atoms with E-state index in [1.54, 1.807) is 32.0 Å². The number of carbonyl (C=O) groups is 2. The van der Waals surface area contributed by atoms with E-state index in [-0.39, 0.29) is 5.78 Å². The molecular weight excluding hydrogens is 266 g/mol. The van der Waals surface area contributed by atoms with E-state index in [0.717, 1.165) is 5.56 Å². The summed E-state index contributed by atoms with van der Waals surface area (Å²) in [5.74, 6) is -1.09. The quantitative estimate of drug-likeness (QED) is 0.788. The summed E-state index contributed by atoms with van der Waals surface area (Å²) in [6.07, 6.45) is 0.423. The predicted molar refractivity (Wildman–Crippen MR) is 74.8 cm³/mol. The zero-order valence-electron chi connectivity index (χ0n) is 11.2. The topological polar surface area (TPSA) is 66.4 Å². The van der Waals surface area contributed by atoms with E-state index in [4.69, 9.17) is 16.7 Å². The molecule has 0 aliphatic heterocycles. The monoisotopic (exact) mass is 283 g/mol. The van der Waals surface area contributed by atoms with Gasteiger partial charge < -0.3 is 5.11 Å². The fourth-order valence-electron chi connectivity index (χ4n) is 1.79. The van der Waals surface area contributed by atoms with Crippen molar-refractivity contribution in [2.75, 3.05) is 0 Å². The third kappa shape index (κ3) is 4.04. The van der Waals surface area contributed by atoms with E-state index in [1.807, 2.05) is 6.92 Å². The molecule has 5 heteroatoms. The van der Waals surface area contributed by atoms with E-state index < -0.39 is 18.1 Å². The molecule has 2 N–H and O–H groups in total. The first-order chi connectivity index (χ1) is 8.86. The van der Waals surface area contributed by atoms with Gasteiger partial charge >= 0.3 is 5.97 Å². The molecule has 0 heterocycles. The lowest BCUT2D eigenvalue weighted by molar-refractivity contribution is -0.139. The molecule has 0 amide bonds. The van der Waals surface area contributed by atoms with E-state index in [1.165, 1.54) is 0 Å². The van der Waals surface area contributed by atoms with Crippen molar-refractivity contribution in [3.05, 3.63) is 34.3 Å². The number of carboxylic acids is 1. The van der Waals surface area contributed by atoms with Crippen molar-refractivity contribution >= 4 is 23.4 Å². The van der Waals surface area contributed by atoms with Gasteiger partial charge in [0.15, 0.2) is 5.78 Å². The summed E-state index contributed by atoms with van der Waals surface area (Å²) in [6.45, 7) is 5.25. The largest absolute Gasteiger partial charge is 0.480 e. The molecule has 0 aliphatic rings. The van der Waals surface area contributed by atoms with Crippen LogP contribution in [0.2, 0.25) is 5.02 Å².